The second-order valence-corrected chi connectivity index (χ2v) is 2.24. The van der Waals surface area contributed by atoms with Crippen LogP contribution in [0.15, 0.2) is 11.8 Å². The van der Waals surface area contributed by atoms with E-state index >= 15 is 0 Å². The van der Waals surface area contributed by atoms with E-state index in [9.17, 15) is 22.4 Å². The van der Waals surface area contributed by atoms with Crippen LogP contribution in [0.5, 0.6) is 0 Å². The lowest BCUT2D eigenvalue weighted by molar-refractivity contribution is -0.120. The maximum atomic E-state index is 11.9. The molecule has 1 atom stereocenters. The molecule has 0 aliphatic carbocycles. The zero-order valence-electron chi connectivity index (χ0n) is 5.73. The van der Waals surface area contributed by atoms with Crippen molar-refractivity contribution in [3.63, 3.8) is 0 Å². The predicted octanol–water partition coefficient (Wildman–Crippen LogP) is 0.941. The normalized spacial score (nSPS) is 23.3. The van der Waals surface area contributed by atoms with Crippen LogP contribution in [-0.4, -0.2) is 24.7 Å². The van der Waals surface area contributed by atoms with E-state index in [0.29, 0.717) is 6.20 Å². The number of rotatable bonds is 2. The van der Waals surface area contributed by atoms with Gasteiger partial charge in [-0.25, -0.2) is 17.6 Å². The molecular weight excluding hydrogens is 178 g/mol. The van der Waals surface area contributed by atoms with Crippen molar-refractivity contribution in [2.24, 2.45) is 0 Å². The Morgan fingerprint density at radius 3 is 2.17 bits per heavy atom. The Kier molecular flexibility index (Phi) is 2.35. The van der Waals surface area contributed by atoms with E-state index in [1.807, 2.05) is 5.32 Å². The van der Waals surface area contributed by atoms with Crippen LogP contribution in [0.1, 0.15) is 0 Å². The fourth-order valence-corrected chi connectivity index (χ4v) is 0.864. The van der Waals surface area contributed by atoms with Crippen LogP contribution in [0.2, 0.25) is 0 Å². The van der Waals surface area contributed by atoms with E-state index in [0.717, 1.165) is 0 Å². The smallest absolute Gasteiger partial charge is 0.268 e. The topological polar surface area (TPSA) is 29.1 Å². The maximum Gasteiger partial charge on any atom is 0.268 e. The Morgan fingerprint density at radius 1 is 1.33 bits per heavy atom. The number of carbonyl (C=O) groups excluding carboxylic acids is 1. The Labute approximate surface area is 65.2 Å². The summed E-state index contributed by atoms with van der Waals surface area (Å²) in [5.41, 5.74) is -0.875. The summed E-state index contributed by atoms with van der Waals surface area (Å²) in [6.45, 7) is 0. The van der Waals surface area contributed by atoms with E-state index in [1.54, 1.807) is 0 Å². The Bertz CT molecular complexity index is 226. The Morgan fingerprint density at radius 2 is 1.92 bits per heavy atom. The molecule has 0 aromatic heterocycles. The predicted molar refractivity (Wildman–Crippen MR) is 32.0 cm³/mol. The van der Waals surface area contributed by atoms with Crippen molar-refractivity contribution in [1.29, 1.82) is 0 Å². The lowest BCUT2D eigenvalue weighted by Crippen LogP contribution is -2.35. The minimum atomic E-state index is -2.99. The zero-order valence-corrected chi connectivity index (χ0v) is 5.73. The highest BCUT2D eigenvalue weighted by atomic mass is 19.3. The minimum Gasteiger partial charge on any atom is -0.376 e. The molecule has 2 nitrogen and oxygen atoms in total. The molecule has 1 N–H and O–H groups in total. The summed E-state index contributed by atoms with van der Waals surface area (Å²) in [7, 11) is 0. The van der Waals surface area contributed by atoms with Gasteiger partial charge in [0.25, 0.3) is 12.9 Å². The molecule has 0 saturated heterocycles. The first-order valence-electron chi connectivity index (χ1n) is 3.10. The molecule has 1 rings (SSSR count). The molecule has 68 valence electrons. The highest BCUT2D eigenvalue weighted by Gasteiger charge is 2.37. The minimum absolute atomic E-state index is 0.643. The van der Waals surface area contributed by atoms with Crippen LogP contribution in [-0.2, 0) is 4.79 Å². The molecule has 0 fully saturated rings. The van der Waals surface area contributed by atoms with Gasteiger partial charge in [-0.2, -0.15) is 0 Å². The quantitative estimate of drug-likeness (QED) is 0.645. The summed E-state index contributed by atoms with van der Waals surface area (Å²) in [5.74, 6) is -1.22. The molecule has 1 aliphatic rings. The molecule has 0 saturated carbocycles. The van der Waals surface area contributed by atoms with Gasteiger partial charge in [-0.1, -0.05) is 0 Å². The number of alkyl halides is 4. The van der Waals surface area contributed by atoms with Crippen LogP contribution in [0.3, 0.4) is 0 Å². The number of hydrogen-bond acceptors (Lipinski definition) is 2. The third-order valence-electron chi connectivity index (χ3n) is 1.47. The third-order valence-corrected chi connectivity index (χ3v) is 1.47. The van der Waals surface area contributed by atoms with Crippen molar-refractivity contribution in [3.05, 3.63) is 11.8 Å². The van der Waals surface area contributed by atoms with Crippen molar-refractivity contribution < 1.29 is 22.4 Å². The molecule has 0 bridgehead atoms. The third kappa shape index (κ3) is 1.41. The SMILES string of the molecule is O=C1C(C(F)F)=CNC1C(F)F. The molecule has 1 unspecified atom stereocenters. The summed E-state index contributed by atoms with van der Waals surface area (Å²) >= 11 is 0. The van der Waals surface area contributed by atoms with E-state index in [4.69, 9.17) is 0 Å². The lowest BCUT2D eigenvalue weighted by atomic mass is 10.1. The molecule has 0 aromatic carbocycles. The summed E-state index contributed by atoms with van der Waals surface area (Å²) in [4.78, 5) is 10.7. The number of halogens is 4. The molecule has 0 radical (unpaired) electrons. The molecule has 1 heterocycles. The fraction of sp³-hybridized carbons (Fsp3) is 0.500. The first kappa shape index (κ1) is 9.02. The molecular formula is C6H5F4NO. The van der Waals surface area contributed by atoms with E-state index < -0.39 is 30.2 Å². The van der Waals surface area contributed by atoms with Gasteiger partial charge in [-0.15, -0.1) is 0 Å². The van der Waals surface area contributed by atoms with Crippen molar-refractivity contribution >= 4 is 5.78 Å². The zero-order chi connectivity index (χ0) is 9.30. The van der Waals surface area contributed by atoms with Crippen molar-refractivity contribution in [1.82, 2.24) is 5.32 Å². The second-order valence-electron chi connectivity index (χ2n) is 2.24. The monoisotopic (exact) mass is 183 g/mol. The maximum absolute atomic E-state index is 11.9. The van der Waals surface area contributed by atoms with Crippen molar-refractivity contribution in [2.45, 2.75) is 18.9 Å². The first-order chi connectivity index (χ1) is 5.54. The Balaban J connectivity index is 2.70. The summed E-state index contributed by atoms with van der Waals surface area (Å²) in [6, 6.07) is -1.80. The molecule has 1 aliphatic heterocycles. The largest absolute Gasteiger partial charge is 0.376 e. The van der Waals surface area contributed by atoms with Crippen molar-refractivity contribution in [2.75, 3.05) is 0 Å². The summed E-state index contributed by atoms with van der Waals surface area (Å²) < 4.78 is 47.4. The fourth-order valence-electron chi connectivity index (χ4n) is 0.864. The van der Waals surface area contributed by atoms with E-state index in [1.165, 1.54) is 0 Å². The number of carbonyl (C=O) groups is 1. The number of nitrogens with one attached hydrogen (secondary N) is 1. The van der Waals surface area contributed by atoms with Crippen LogP contribution < -0.4 is 5.32 Å². The van der Waals surface area contributed by atoms with Crippen LogP contribution in [0, 0.1) is 0 Å². The van der Waals surface area contributed by atoms with Gasteiger partial charge < -0.3 is 5.32 Å². The van der Waals surface area contributed by atoms with Crippen LogP contribution in [0.25, 0.3) is 0 Å². The average molecular weight is 183 g/mol. The summed E-state index contributed by atoms with van der Waals surface area (Å²) in [6.07, 6.45) is -5.30. The molecule has 12 heavy (non-hydrogen) atoms. The van der Waals surface area contributed by atoms with Gasteiger partial charge in [0.05, 0.1) is 5.57 Å². The van der Waals surface area contributed by atoms with Gasteiger partial charge in [0.2, 0.25) is 0 Å². The molecule has 0 spiro atoms. The standard InChI is InChI=1S/C6H5F4NO/c7-5(8)2-1-11-3(4(2)12)6(9)10/h1,3,5-6,11H. The van der Waals surface area contributed by atoms with Gasteiger partial charge in [-0.05, 0) is 0 Å². The van der Waals surface area contributed by atoms with Gasteiger partial charge in [0.15, 0.2) is 11.8 Å². The summed E-state index contributed by atoms with van der Waals surface area (Å²) in [5, 5.41) is 1.90. The Hall–Kier alpha value is -1.07. The van der Waals surface area contributed by atoms with Gasteiger partial charge in [0, 0.05) is 6.20 Å². The highest BCUT2D eigenvalue weighted by molar-refractivity contribution is 6.02. The van der Waals surface area contributed by atoms with Gasteiger partial charge >= 0.3 is 0 Å². The van der Waals surface area contributed by atoms with E-state index in [-0.39, 0.29) is 0 Å². The molecule has 0 amide bonds. The highest BCUT2D eigenvalue weighted by Crippen LogP contribution is 2.19. The first-order valence-corrected chi connectivity index (χ1v) is 3.10. The second kappa shape index (κ2) is 3.12. The average Bonchev–Trinajstić information content (AvgIpc) is 2.30. The van der Waals surface area contributed by atoms with Gasteiger partial charge in [0.1, 0.15) is 0 Å². The van der Waals surface area contributed by atoms with Crippen LogP contribution >= 0.6 is 0 Å². The van der Waals surface area contributed by atoms with Crippen molar-refractivity contribution in [3.8, 4) is 0 Å². The molecule has 6 heteroatoms. The number of hydrogen-bond donors (Lipinski definition) is 1. The van der Waals surface area contributed by atoms with Crippen LogP contribution in [0.4, 0.5) is 17.6 Å². The lowest BCUT2D eigenvalue weighted by Gasteiger charge is -2.07. The number of Topliss-reactive ketones (excluding diaryl/α,β-unsaturated/α-hetero) is 1. The van der Waals surface area contributed by atoms with Gasteiger partial charge in [-0.3, -0.25) is 4.79 Å². The van der Waals surface area contributed by atoms with E-state index in [2.05, 4.69) is 0 Å². The molecule has 0 aromatic rings. The number of ketones is 1.